The highest BCUT2D eigenvalue weighted by Crippen LogP contribution is 1.84. The van der Waals surface area contributed by atoms with Gasteiger partial charge in [0, 0.05) is 0 Å². The van der Waals surface area contributed by atoms with Crippen LogP contribution in [0.2, 0.25) is 0 Å². The van der Waals surface area contributed by atoms with E-state index in [1.807, 2.05) is 0 Å². The highest BCUT2D eigenvalue weighted by Gasteiger charge is 2.07. The number of hydrogen-bond donors (Lipinski definition) is 2. The molecular weight excluding hydrogens is 150 g/mol. The van der Waals surface area contributed by atoms with Crippen LogP contribution in [0.1, 0.15) is 13.8 Å². The minimum absolute atomic E-state index is 0.323. The Hall–Kier alpha value is -1.19. The lowest BCUT2D eigenvalue weighted by molar-refractivity contribution is -0.151. The van der Waals surface area contributed by atoms with Gasteiger partial charge in [-0.2, -0.15) is 0 Å². The van der Waals surface area contributed by atoms with E-state index in [0.717, 1.165) is 6.08 Å². The largest absolute Gasteiger partial charge is 0.464 e. The van der Waals surface area contributed by atoms with Gasteiger partial charge in [0.1, 0.15) is 6.10 Å². The molecule has 0 radical (unpaired) electrons. The van der Waals surface area contributed by atoms with Crippen LogP contribution in [-0.4, -0.2) is 29.9 Å². The summed E-state index contributed by atoms with van der Waals surface area (Å²) < 4.78 is 4.41. The summed E-state index contributed by atoms with van der Waals surface area (Å²) in [7, 11) is 0. The lowest BCUT2D eigenvalue weighted by Gasteiger charge is -2.01. The summed E-state index contributed by atoms with van der Waals surface area (Å²) in [6.45, 7) is 3.39. The molecule has 0 fully saturated rings. The molecule has 0 heterocycles. The third-order valence-corrected chi connectivity index (χ3v) is 0.628. The van der Waals surface area contributed by atoms with E-state index < -0.39 is 12.1 Å². The molecule has 0 aromatic heterocycles. The number of nitrogens with one attached hydrogen (secondary N) is 1. The molecule has 0 aliphatic heterocycles. The van der Waals surface area contributed by atoms with Gasteiger partial charge >= 0.3 is 5.97 Å². The Kier molecular flexibility index (Phi) is 10.00. The molecule has 1 unspecified atom stereocenters. The third-order valence-electron chi connectivity index (χ3n) is 0.628. The Morgan fingerprint density at radius 2 is 2.18 bits per heavy atom. The Balaban J connectivity index is 0. The molecule has 5 nitrogen and oxygen atoms in total. The molecule has 11 heavy (non-hydrogen) atoms. The molecule has 0 rings (SSSR count). The molecule has 0 aliphatic rings. The molecule has 0 saturated heterocycles. The number of hydrogen-bond acceptors (Lipinski definition) is 5. The molecule has 0 amide bonds. The van der Waals surface area contributed by atoms with Gasteiger partial charge in [0.15, 0.2) is 0 Å². The van der Waals surface area contributed by atoms with Gasteiger partial charge in [0.25, 0.3) is 0 Å². The first-order valence-electron chi connectivity index (χ1n) is 2.98. The van der Waals surface area contributed by atoms with Crippen LogP contribution < -0.4 is 0 Å². The van der Waals surface area contributed by atoms with E-state index in [0.29, 0.717) is 6.61 Å². The normalized spacial score (nSPS) is 10.1. The SMILES string of the molecule is CCOC(=O)C(C)O.N=C=O. The molecule has 2 N–H and O–H groups in total. The number of esters is 1. The van der Waals surface area contributed by atoms with E-state index >= 15 is 0 Å². The number of rotatable bonds is 2. The standard InChI is InChI=1S/C5H10O3.CHNO/c1-3-8-5(7)4(2)6;2-1-3/h4,6H,3H2,1-2H3;2H. The average Bonchev–Trinajstić information content (AvgIpc) is 1.90. The van der Waals surface area contributed by atoms with E-state index in [1.165, 1.54) is 6.92 Å². The summed E-state index contributed by atoms with van der Waals surface area (Å²) in [5.74, 6) is -0.562. The van der Waals surface area contributed by atoms with Crippen molar-refractivity contribution >= 4 is 12.0 Å². The van der Waals surface area contributed by atoms with Crippen molar-refractivity contribution in [1.29, 1.82) is 5.41 Å². The fourth-order valence-corrected chi connectivity index (χ4v) is 0.263. The summed E-state index contributed by atoms with van der Waals surface area (Å²) in [4.78, 5) is 18.6. The predicted octanol–water partition coefficient (Wildman–Crippen LogP) is -0.169. The highest BCUT2D eigenvalue weighted by atomic mass is 16.5. The fraction of sp³-hybridized carbons (Fsp3) is 0.667. The van der Waals surface area contributed by atoms with Crippen molar-refractivity contribution in [3.05, 3.63) is 0 Å². The minimum Gasteiger partial charge on any atom is -0.464 e. The Morgan fingerprint density at radius 3 is 2.27 bits per heavy atom. The maximum atomic E-state index is 10.3. The van der Waals surface area contributed by atoms with Gasteiger partial charge in [-0.25, -0.2) is 15.0 Å². The van der Waals surface area contributed by atoms with E-state index in [-0.39, 0.29) is 0 Å². The minimum atomic E-state index is -0.991. The molecule has 0 saturated carbocycles. The first-order chi connectivity index (χ1) is 5.09. The summed E-state index contributed by atoms with van der Waals surface area (Å²) in [5, 5.41) is 13.9. The van der Waals surface area contributed by atoms with Crippen LogP contribution in [0.4, 0.5) is 0 Å². The average molecular weight is 161 g/mol. The Bertz CT molecular complexity index is 138. The number of aliphatic hydroxyl groups excluding tert-OH is 1. The lowest BCUT2D eigenvalue weighted by atomic mass is 10.4. The van der Waals surface area contributed by atoms with E-state index in [4.69, 9.17) is 15.3 Å². The van der Waals surface area contributed by atoms with Gasteiger partial charge in [-0.15, -0.1) is 0 Å². The zero-order chi connectivity index (χ0) is 9.28. The Morgan fingerprint density at radius 1 is 1.82 bits per heavy atom. The molecule has 1 atom stereocenters. The second-order valence-corrected chi connectivity index (χ2v) is 1.53. The first kappa shape index (κ1) is 12.5. The van der Waals surface area contributed by atoms with Gasteiger partial charge in [-0.1, -0.05) is 0 Å². The molecule has 0 aliphatic carbocycles. The van der Waals surface area contributed by atoms with Crippen LogP contribution in [0.5, 0.6) is 0 Å². The van der Waals surface area contributed by atoms with Crippen molar-refractivity contribution < 1.29 is 19.4 Å². The maximum absolute atomic E-state index is 10.3. The third kappa shape index (κ3) is 12.1. The van der Waals surface area contributed by atoms with Gasteiger partial charge in [-0.05, 0) is 13.8 Å². The van der Waals surface area contributed by atoms with Crippen molar-refractivity contribution in [3.63, 3.8) is 0 Å². The number of carbonyl (C=O) groups excluding carboxylic acids is 2. The summed E-state index contributed by atoms with van der Waals surface area (Å²) in [5.41, 5.74) is 0. The van der Waals surface area contributed by atoms with Gasteiger partial charge in [0.05, 0.1) is 6.61 Å². The molecule has 64 valence electrons. The van der Waals surface area contributed by atoms with E-state index in [2.05, 4.69) is 4.74 Å². The maximum Gasteiger partial charge on any atom is 0.334 e. The van der Waals surface area contributed by atoms with Crippen LogP contribution >= 0.6 is 0 Å². The van der Waals surface area contributed by atoms with Crippen molar-refractivity contribution in [2.45, 2.75) is 20.0 Å². The highest BCUT2D eigenvalue weighted by molar-refractivity contribution is 5.73. The summed E-state index contributed by atoms with van der Waals surface area (Å²) >= 11 is 0. The zero-order valence-electron chi connectivity index (χ0n) is 6.46. The molecule has 0 spiro atoms. The molecular formula is C6H11NO4. The van der Waals surface area contributed by atoms with Crippen LogP contribution in [0.15, 0.2) is 0 Å². The Labute approximate surface area is 64.5 Å². The summed E-state index contributed by atoms with van der Waals surface area (Å²) in [6, 6.07) is 0. The van der Waals surface area contributed by atoms with Crippen LogP contribution in [-0.2, 0) is 14.3 Å². The number of carbonyl (C=O) groups is 1. The van der Waals surface area contributed by atoms with Crippen LogP contribution in [0, 0.1) is 5.41 Å². The molecule has 0 bridgehead atoms. The van der Waals surface area contributed by atoms with E-state index in [9.17, 15) is 4.79 Å². The zero-order valence-corrected chi connectivity index (χ0v) is 6.46. The predicted molar refractivity (Wildman–Crippen MR) is 36.7 cm³/mol. The molecule has 0 aromatic rings. The molecule has 0 aromatic carbocycles. The number of isocyanates is 1. The number of aliphatic hydroxyl groups is 1. The first-order valence-corrected chi connectivity index (χ1v) is 2.98. The van der Waals surface area contributed by atoms with Crippen molar-refractivity contribution in [3.8, 4) is 0 Å². The van der Waals surface area contributed by atoms with Crippen LogP contribution in [0.25, 0.3) is 0 Å². The van der Waals surface area contributed by atoms with Gasteiger partial charge < -0.3 is 9.84 Å². The second-order valence-electron chi connectivity index (χ2n) is 1.53. The quantitative estimate of drug-likeness (QED) is 0.334. The van der Waals surface area contributed by atoms with E-state index in [1.54, 1.807) is 6.92 Å². The van der Waals surface area contributed by atoms with Gasteiger partial charge in [0.2, 0.25) is 6.08 Å². The lowest BCUT2D eigenvalue weighted by Crippen LogP contribution is -2.18. The van der Waals surface area contributed by atoms with Crippen molar-refractivity contribution in [2.24, 2.45) is 0 Å². The fourth-order valence-electron chi connectivity index (χ4n) is 0.263. The van der Waals surface area contributed by atoms with Crippen molar-refractivity contribution in [2.75, 3.05) is 6.61 Å². The monoisotopic (exact) mass is 161 g/mol. The second kappa shape index (κ2) is 8.81. The van der Waals surface area contributed by atoms with Crippen LogP contribution in [0.3, 0.4) is 0 Å². The van der Waals surface area contributed by atoms with Gasteiger partial charge in [-0.3, -0.25) is 0 Å². The summed E-state index contributed by atoms with van der Waals surface area (Å²) in [6.07, 6.45) is -0.241. The van der Waals surface area contributed by atoms with Crippen molar-refractivity contribution in [1.82, 2.24) is 0 Å². The smallest absolute Gasteiger partial charge is 0.334 e. The molecule has 5 heteroatoms. The number of ether oxygens (including phenoxy) is 1. The topological polar surface area (TPSA) is 87.4 Å².